The maximum atomic E-state index is 12.9. The molecule has 0 saturated carbocycles. The lowest BCUT2D eigenvalue weighted by atomic mass is 10.1. The summed E-state index contributed by atoms with van der Waals surface area (Å²) in [5, 5.41) is 14.3. The van der Waals surface area contributed by atoms with Gasteiger partial charge in [0.25, 0.3) is 5.91 Å². The van der Waals surface area contributed by atoms with Crippen molar-refractivity contribution < 1.29 is 9.59 Å². The molecule has 0 saturated heterocycles. The summed E-state index contributed by atoms with van der Waals surface area (Å²) in [6.07, 6.45) is 9.04. The molecule has 0 spiro atoms. The Bertz CT molecular complexity index is 1300. The zero-order valence-corrected chi connectivity index (χ0v) is 20.9. The van der Waals surface area contributed by atoms with Crippen LogP contribution < -0.4 is 10.6 Å². The Labute approximate surface area is 210 Å². The first-order valence-corrected chi connectivity index (χ1v) is 12.1. The highest BCUT2D eigenvalue weighted by atomic mass is 16.2. The number of H-pyrrole nitrogens is 1. The maximum absolute atomic E-state index is 12.9. The summed E-state index contributed by atoms with van der Waals surface area (Å²) < 4.78 is 3.33. The van der Waals surface area contributed by atoms with Crippen LogP contribution in [0.1, 0.15) is 54.5 Å². The van der Waals surface area contributed by atoms with Crippen LogP contribution in [0.2, 0.25) is 0 Å². The van der Waals surface area contributed by atoms with E-state index in [-0.39, 0.29) is 17.9 Å². The Morgan fingerprint density at radius 3 is 2.47 bits per heavy atom. The smallest absolute Gasteiger partial charge is 0.270 e. The van der Waals surface area contributed by atoms with Gasteiger partial charge in [0.05, 0.1) is 23.6 Å². The molecule has 3 N–H and O–H groups in total. The molecule has 188 valence electrons. The highest BCUT2D eigenvalue weighted by Crippen LogP contribution is 2.25. The molecule has 4 aromatic rings. The molecule has 0 fully saturated rings. The number of benzene rings is 1. The Balaban J connectivity index is 1.47. The number of unbranched alkanes of at least 4 members (excludes halogenated alkanes) is 2. The van der Waals surface area contributed by atoms with E-state index >= 15 is 0 Å². The number of carbonyl (C=O) groups excluding carboxylic acids is 2. The molecule has 1 aromatic carbocycles. The van der Waals surface area contributed by atoms with Crippen LogP contribution in [-0.2, 0) is 18.9 Å². The van der Waals surface area contributed by atoms with Gasteiger partial charge in [0.15, 0.2) is 0 Å². The lowest BCUT2D eigenvalue weighted by Crippen LogP contribution is -2.30. The van der Waals surface area contributed by atoms with Crippen LogP contribution in [0, 0.1) is 0 Å². The molecule has 0 bridgehead atoms. The van der Waals surface area contributed by atoms with Crippen LogP contribution in [0.3, 0.4) is 0 Å². The molecule has 2 amide bonds. The number of aromatic nitrogens is 6. The third-order valence-corrected chi connectivity index (χ3v) is 6.17. The molecule has 0 aliphatic heterocycles. The minimum Gasteiger partial charge on any atom is -0.359 e. The molecule has 0 aliphatic rings. The van der Waals surface area contributed by atoms with Gasteiger partial charge in [-0.15, -0.1) is 0 Å². The number of aryl methyl sites for hydroxylation is 2. The van der Waals surface area contributed by atoms with Crippen LogP contribution in [-0.4, -0.2) is 48.4 Å². The van der Waals surface area contributed by atoms with Gasteiger partial charge in [0, 0.05) is 45.5 Å². The molecule has 0 radical (unpaired) electrons. The predicted molar refractivity (Wildman–Crippen MR) is 137 cm³/mol. The summed E-state index contributed by atoms with van der Waals surface area (Å²) in [5.41, 5.74) is 4.31. The lowest BCUT2D eigenvalue weighted by molar-refractivity contribution is -0.120. The van der Waals surface area contributed by atoms with Crippen LogP contribution in [0.4, 0.5) is 0 Å². The quantitative estimate of drug-likeness (QED) is 0.279. The van der Waals surface area contributed by atoms with Crippen molar-refractivity contribution in [3.05, 3.63) is 66.5 Å². The van der Waals surface area contributed by atoms with Gasteiger partial charge in [-0.25, -0.2) is 4.98 Å². The standard InChI is InChI=1S/C26H32N8O2/c1-27-24(35)8-6-4-5-7-21(31-26(36)23-13-15-29-34(23)3)25-28-17-22(30-25)19-11-9-18(10-12-19)20-14-16-33(2)32-20/h9-17,21H,4-8H2,1-3H3,(H,27,35)(H,28,30)(H,31,36)/t21-/m0/s1. The van der Waals surface area contributed by atoms with Gasteiger partial charge in [0.2, 0.25) is 5.91 Å². The van der Waals surface area contributed by atoms with Crippen molar-refractivity contribution >= 4 is 11.8 Å². The molecule has 0 aliphatic carbocycles. The van der Waals surface area contributed by atoms with Gasteiger partial charge in [-0.05, 0) is 30.5 Å². The number of hydrogen-bond acceptors (Lipinski definition) is 5. The molecule has 3 aromatic heterocycles. The first-order chi connectivity index (χ1) is 17.4. The normalized spacial score (nSPS) is 11.9. The molecule has 3 heterocycles. The van der Waals surface area contributed by atoms with E-state index in [1.165, 1.54) is 0 Å². The predicted octanol–water partition coefficient (Wildman–Crippen LogP) is 3.38. The van der Waals surface area contributed by atoms with E-state index in [0.717, 1.165) is 41.8 Å². The number of nitrogens with zero attached hydrogens (tertiary/aromatic N) is 5. The second-order valence-electron chi connectivity index (χ2n) is 8.77. The number of hydrogen-bond donors (Lipinski definition) is 3. The molecular formula is C26H32N8O2. The first-order valence-electron chi connectivity index (χ1n) is 12.1. The van der Waals surface area contributed by atoms with Gasteiger partial charge in [0.1, 0.15) is 11.5 Å². The number of carbonyl (C=O) groups is 2. The fourth-order valence-corrected chi connectivity index (χ4v) is 4.09. The van der Waals surface area contributed by atoms with Crippen molar-refractivity contribution in [3.63, 3.8) is 0 Å². The van der Waals surface area contributed by atoms with E-state index in [2.05, 4.69) is 30.8 Å². The maximum Gasteiger partial charge on any atom is 0.270 e. The zero-order chi connectivity index (χ0) is 25.5. The van der Waals surface area contributed by atoms with Crippen molar-refractivity contribution in [1.29, 1.82) is 0 Å². The third kappa shape index (κ3) is 6.07. The monoisotopic (exact) mass is 488 g/mol. The van der Waals surface area contributed by atoms with Crippen molar-refractivity contribution in [2.24, 2.45) is 14.1 Å². The largest absolute Gasteiger partial charge is 0.359 e. The van der Waals surface area contributed by atoms with Crippen LogP contribution >= 0.6 is 0 Å². The van der Waals surface area contributed by atoms with Crippen LogP contribution in [0.15, 0.2) is 55.0 Å². The molecule has 10 heteroatoms. The molecule has 0 unspecified atom stereocenters. The lowest BCUT2D eigenvalue weighted by Gasteiger charge is -2.17. The molecular weight excluding hydrogens is 456 g/mol. The number of imidazole rings is 1. The summed E-state index contributed by atoms with van der Waals surface area (Å²) in [7, 11) is 5.28. The van der Waals surface area contributed by atoms with Crippen molar-refractivity contribution in [3.8, 4) is 22.5 Å². The van der Waals surface area contributed by atoms with Crippen molar-refractivity contribution in [1.82, 2.24) is 40.2 Å². The van der Waals surface area contributed by atoms with Crippen LogP contribution in [0.5, 0.6) is 0 Å². The van der Waals surface area contributed by atoms with Gasteiger partial charge in [-0.1, -0.05) is 37.1 Å². The Morgan fingerprint density at radius 1 is 1.03 bits per heavy atom. The Hall–Kier alpha value is -4.21. The van der Waals surface area contributed by atoms with Gasteiger partial charge >= 0.3 is 0 Å². The summed E-state index contributed by atoms with van der Waals surface area (Å²) in [5.74, 6) is 0.532. The molecule has 4 rings (SSSR count). The minimum atomic E-state index is -0.297. The zero-order valence-electron chi connectivity index (χ0n) is 20.9. The number of nitrogens with one attached hydrogen (secondary N) is 3. The molecule has 36 heavy (non-hydrogen) atoms. The van der Waals surface area contributed by atoms with Crippen molar-refractivity contribution in [2.45, 2.75) is 38.1 Å². The van der Waals surface area contributed by atoms with Crippen LogP contribution in [0.25, 0.3) is 22.5 Å². The number of aromatic amines is 1. The summed E-state index contributed by atoms with van der Waals surface area (Å²) in [6, 6.07) is 11.5. The fourth-order valence-electron chi connectivity index (χ4n) is 4.09. The fraction of sp³-hybridized carbons (Fsp3) is 0.346. The van der Waals surface area contributed by atoms with Gasteiger partial charge in [-0.3, -0.25) is 19.0 Å². The van der Waals surface area contributed by atoms with E-state index < -0.39 is 0 Å². The second-order valence-corrected chi connectivity index (χ2v) is 8.77. The topological polar surface area (TPSA) is 123 Å². The van der Waals surface area contributed by atoms with Gasteiger partial charge < -0.3 is 15.6 Å². The highest BCUT2D eigenvalue weighted by Gasteiger charge is 2.20. The summed E-state index contributed by atoms with van der Waals surface area (Å²) in [4.78, 5) is 32.4. The average molecular weight is 489 g/mol. The first kappa shape index (κ1) is 24.9. The molecule has 10 nitrogen and oxygen atoms in total. The summed E-state index contributed by atoms with van der Waals surface area (Å²) >= 11 is 0. The second kappa shape index (κ2) is 11.5. The van der Waals surface area contributed by atoms with E-state index in [1.54, 1.807) is 41.9 Å². The number of amides is 2. The average Bonchev–Trinajstić information content (AvgIpc) is 3.64. The third-order valence-electron chi connectivity index (χ3n) is 6.17. The van der Waals surface area contributed by atoms with E-state index in [4.69, 9.17) is 0 Å². The Kier molecular flexibility index (Phi) is 7.94. The van der Waals surface area contributed by atoms with E-state index in [1.807, 2.05) is 43.6 Å². The van der Waals surface area contributed by atoms with Gasteiger partial charge in [-0.2, -0.15) is 10.2 Å². The van der Waals surface area contributed by atoms with E-state index in [9.17, 15) is 9.59 Å². The van der Waals surface area contributed by atoms with E-state index in [0.29, 0.717) is 24.4 Å². The Morgan fingerprint density at radius 2 is 1.81 bits per heavy atom. The molecule has 1 atom stereocenters. The highest BCUT2D eigenvalue weighted by molar-refractivity contribution is 5.92. The summed E-state index contributed by atoms with van der Waals surface area (Å²) in [6.45, 7) is 0. The number of rotatable bonds is 11. The minimum absolute atomic E-state index is 0.0424. The van der Waals surface area contributed by atoms with Crippen molar-refractivity contribution in [2.75, 3.05) is 7.05 Å². The SMILES string of the molecule is CNC(=O)CCCCC[C@H](NC(=O)c1ccnn1C)c1ncc(-c2ccc(-c3ccn(C)n3)cc2)[nH]1.